The molecule has 0 aliphatic heterocycles. The monoisotopic (exact) mass is 485 g/mol. The maximum Gasteiger partial charge on any atom is 0.224 e. The van der Waals surface area contributed by atoms with Crippen molar-refractivity contribution in [1.82, 2.24) is 9.97 Å². The van der Waals surface area contributed by atoms with Crippen LogP contribution in [0.25, 0.3) is 22.3 Å². The molecule has 5 aromatic rings. The number of rotatable bonds is 6. The molecule has 0 radical (unpaired) electrons. The molecule has 0 aliphatic carbocycles. The van der Waals surface area contributed by atoms with Gasteiger partial charge in [0.05, 0.1) is 12.8 Å². The molecule has 2 aromatic heterocycles. The predicted octanol–water partition coefficient (Wildman–Crippen LogP) is 5.95. The van der Waals surface area contributed by atoms with E-state index >= 15 is 0 Å². The van der Waals surface area contributed by atoms with Crippen molar-refractivity contribution in [2.45, 2.75) is 6.92 Å². The standard InChI is InChI=1S/C27H20FN3O5/c1-15-29-25(31-20-9-8-17(34-2)10-19(20)28)14-26(30-15)35-18-11-21(32)27-22(33)13-23(36-24(27)12-18)16-6-4-3-5-7-16/h3-14,32H,1-2H3,(H,29,30,31). The van der Waals surface area contributed by atoms with Crippen molar-refractivity contribution in [2.24, 2.45) is 0 Å². The molecule has 0 aliphatic rings. The molecule has 8 nitrogen and oxygen atoms in total. The first kappa shape index (κ1) is 22.9. The van der Waals surface area contributed by atoms with Gasteiger partial charge in [-0.15, -0.1) is 0 Å². The summed E-state index contributed by atoms with van der Waals surface area (Å²) in [5.74, 6) is 0.926. The van der Waals surface area contributed by atoms with Crippen molar-refractivity contribution >= 4 is 22.5 Å². The molecule has 0 atom stereocenters. The average Bonchev–Trinajstić information content (AvgIpc) is 2.85. The van der Waals surface area contributed by atoms with Crippen molar-refractivity contribution in [3.05, 3.63) is 94.7 Å². The molecule has 0 fully saturated rings. The number of phenols is 1. The molecule has 180 valence electrons. The number of nitrogens with zero attached hydrogens (tertiary/aromatic N) is 2. The van der Waals surface area contributed by atoms with Crippen LogP contribution in [0.15, 0.2) is 82.0 Å². The van der Waals surface area contributed by atoms with Gasteiger partial charge in [0.2, 0.25) is 5.88 Å². The Bertz CT molecular complexity index is 1640. The van der Waals surface area contributed by atoms with Crippen LogP contribution in [-0.2, 0) is 0 Å². The molecule has 0 saturated heterocycles. The molecular weight excluding hydrogens is 465 g/mol. The number of methoxy groups -OCH3 is 1. The van der Waals surface area contributed by atoms with E-state index < -0.39 is 5.82 Å². The third kappa shape index (κ3) is 4.67. The molecule has 5 rings (SSSR count). The number of phenolic OH excluding ortho intramolecular Hbond substituents is 1. The van der Waals surface area contributed by atoms with Gasteiger partial charge in [0.15, 0.2) is 5.43 Å². The van der Waals surface area contributed by atoms with Crippen molar-refractivity contribution < 1.29 is 23.4 Å². The Labute approximate surface area is 204 Å². The number of fused-ring (bicyclic) bond motifs is 1. The predicted molar refractivity (Wildman–Crippen MR) is 133 cm³/mol. The van der Waals surface area contributed by atoms with E-state index in [0.29, 0.717) is 23.2 Å². The topological polar surface area (TPSA) is 107 Å². The summed E-state index contributed by atoms with van der Waals surface area (Å²) < 4.78 is 31.2. The molecule has 2 N–H and O–H groups in total. The number of aromatic hydroxyl groups is 1. The fraction of sp³-hybridized carbons (Fsp3) is 0.0741. The Morgan fingerprint density at radius 1 is 0.972 bits per heavy atom. The number of anilines is 2. The van der Waals surface area contributed by atoms with E-state index in [-0.39, 0.29) is 39.5 Å². The van der Waals surface area contributed by atoms with Gasteiger partial charge in [-0.1, -0.05) is 30.3 Å². The number of aromatic nitrogens is 2. The Kier molecular flexibility index (Phi) is 5.95. The Hall–Kier alpha value is -4.92. The van der Waals surface area contributed by atoms with Gasteiger partial charge < -0.3 is 24.3 Å². The fourth-order valence-corrected chi connectivity index (χ4v) is 3.69. The molecule has 36 heavy (non-hydrogen) atoms. The summed E-state index contributed by atoms with van der Waals surface area (Å²) in [6, 6.07) is 19.2. The zero-order valence-electron chi connectivity index (χ0n) is 19.3. The number of hydrogen-bond acceptors (Lipinski definition) is 8. The van der Waals surface area contributed by atoms with E-state index in [1.807, 2.05) is 30.3 Å². The van der Waals surface area contributed by atoms with E-state index in [1.165, 1.54) is 43.5 Å². The molecule has 2 heterocycles. The third-order valence-corrected chi connectivity index (χ3v) is 5.32. The minimum atomic E-state index is -0.517. The van der Waals surface area contributed by atoms with Crippen molar-refractivity contribution in [3.63, 3.8) is 0 Å². The molecule has 9 heteroatoms. The van der Waals surface area contributed by atoms with E-state index in [2.05, 4.69) is 15.3 Å². The van der Waals surface area contributed by atoms with Crippen LogP contribution in [0.2, 0.25) is 0 Å². The first-order valence-electron chi connectivity index (χ1n) is 10.9. The van der Waals surface area contributed by atoms with E-state index in [0.717, 1.165) is 5.56 Å². The van der Waals surface area contributed by atoms with Gasteiger partial charge in [0.1, 0.15) is 51.4 Å². The lowest BCUT2D eigenvalue weighted by Crippen LogP contribution is -2.02. The van der Waals surface area contributed by atoms with E-state index in [9.17, 15) is 14.3 Å². The summed E-state index contributed by atoms with van der Waals surface area (Å²) >= 11 is 0. The molecule has 0 bridgehead atoms. The molecule has 0 saturated carbocycles. The van der Waals surface area contributed by atoms with Gasteiger partial charge in [0.25, 0.3) is 0 Å². The third-order valence-electron chi connectivity index (χ3n) is 5.32. The summed E-state index contributed by atoms with van der Waals surface area (Å²) in [5.41, 5.74) is 0.680. The van der Waals surface area contributed by atoms with Crippen LogP contribution >= 0.6 is 0 Å². The number of hydrogen-bond donors (Lipinski definition) is 2. The zero-order chi connectivity index (χ0) is 25.2. The Morgan fingerprint density at radius 3 is 2.53 bits per heavy atom. The van der Waals surface area contributed by atoms with E-state index in [4.69, 9.17) is 13.9 Å². The highest BCUT2D eigenvalue weighted by Crippen LogP contribution is 2.33. The van der Waals surface area contributed by atoms with Crippen LogP contribution in [0.5, 0.6) is 23.1 Å². The highest BCUT2D eigenvalue weighted by atomic mass is 19.1. The second-order valence-corrected chi connectivity index (χ2v) is 7.87. The molecule has 3 aromatic carbocycles. The molecule has 0 unspecified atom stereocenters. The van der Waals surface area contributed by atoms with E-state index in [1.54, 1.807) is 13.0 Å². The van der Waals surface area contributed by atoms with Gasteiger partial charge in [-0.2, -0.15) is 4.98 Å². The number of nitrogens with one attached hydrogen (secondary N) is 1. The van der Waals surface area contributed by atoms with Crippen molar-refractivity contribution in [2.75, 3.05) is 12.4 Å². The quantitative estimate of drug-likeness (QED) is 0.304. The SMILES string of the molecule is COc1ccc(Nc2cc(Oc3cc(O)c4c(=O)cc(-c5ccccc5)oc4c3)nc(C)n2)c(F)c1. The van der Waals surface area contributed by atoms with Crippen LogP contribution < -0.4 is 20.2 Å². The number of benzene rings is 3. The largest absolute Gasteiger partial charge is 0.507 e. The van der Waals surface area contributed by atoms with Crippen LogP contribution in [0.4, 0.5) is 15.9 Å². The minimum absolute atomic E-state index is 0.0400. The average molecular weight is 485 g/mol. The first-order chi connectivity index (χ1) is 17.4. The van der Waals surface area contributed by atoms with Crippen molar-refractivity contribution in [3.8, 4) is 34.5 Å². The molecule has 0 spiro atoms. The zero-order valence-corrected chi connectivity index (χ0v) is 19.3. The van der Waals surface area contributed by atoms with Gasteiger partial charge in [-0.05, 0) is 19.1 Å². The maximum atomic E-state index is 14.4. The van der Waals surface area contributed by atoms with Gasteiger partial charge in [-0.25, -0.2) is 9.37 Å². The second-order valence-electron chi connectivity index (χ2n) is 7.87. The second kappa shape index (κ2) is 9.38. The lowest BCUT2D eigenvalue weighted by Gasteiger charge is -2.12. The van der Waals surface area contributed by atoms with Gasteiger partial charge in [-0.3, -0.25) is 4.79 Å². The fourth-order valence-electron chi connectivity index (χ4n) is 3.69. The highest BCUT2D eigenvalue weighted by Gasteiger charge is 2.15. The normalized spacial score (nSPS) is 10.9. The number of halogens is 1. The van der Waals surface area contributed by atoms with Crippen LogP contribution in [-0.4, -0.2) is 22.2 Å². The smallest absolute Gasteiger partial charge is 0.224 e. The summed E-state index contributed by atoms with van der Waals surface area (Å²) in [7, 11) is 1.46. The molecule has 0 amide bonds. The Morgan fingerprint density at radius 2 is 1.78 bits per heavy atom. The number of aryl methyl sites for hydroxylation is 1. The number of ether oxygens (including phenoxy) is 2. The van der Waals surface area contributed by atoms with Crippen LogP contribution in [0, 0.1) is 12.7 Å². The van der Waals surface area contributed by atoms with Crippen LogP contribution in [0.3, 0.4) is 0 Å². The lowest BCUT2D eigenvalue weighted by atomic mass is 10.1. The van der Waals surface area contributed by atoms with Gasteiger partial charge >= 0.3 is 0 Å². The lowest BCUT2D eigenvalue weighted by molar-refractivity contribution is 0.411. The van der Waals surface area contributed by atoms with Gasteiger partial charge in [0, 0.05) is 35.9 Å². The minimum Gasteiger partial charge on any atom is -0.507 e. The summed E-state index contributed by atoms with van der Waals surface area (Å²) in [6.07, 6.45) is 0. The van der Waals surface area contributed by atoms with Crippen LogP contribution in [0.1, 0.15) is 5.82 Å². The molecular formula is C27H20FN3O5. The summed E-state index contributed by atoms with van der Waals surface area (Å²) in [6.45, 7) is 1.66. The van der Waals surface area contributed by atoms with Crippen molar-refractivity contribution in [1.29, 1.82) is 0 Å². The first-order valence-corrected chi connectivity index (χ1v) is 10.9. The Balaban J connectivity index is 1.48. The maximum absolute atomic E-state index is 14.4. The summed E-state index contributed by atoms with van der Waals surface area (Å²) in [5, 5.41) is 13.4. The highest BCUT2D eigenvalue weighted by molar-refractivity contribution is 5.86. The summed E-state index contributed by atoms with van der Waals surface area (Å²) in [4.78, 5) is 21.2.